The molecule has 0 amide bonds. The molecule has 3 aromatic rings. The van der Waals surface area contributed by atoms with E-state index in [2.05, 4.69) is 26.1 Å². The molecule has 0 spiro atoms. The van der Waals surface area contributed by atoms with Gasteiger partial charge in [-0.1, -0.05) is 57.5 Å². The van der Waals surface area contributed by atoms with E-state index < -0.39 is 0 Å². The smallest absolute Gasteiger partial charge is 0.277 e. The quantitative estimate of drug-likeness (QED) is 0.435. The topological polar surface area (TPSA) is 56.0 Å². The maximum absolute atomic E-state index is 12.4. The first-order chi connectivity index (χ1) is 11.5. The van der Waals surface area contributed by atoms with Gasteiger partial charge in [-0.2, -0.15) is 0 Å². The van der Waals surface area contributed by atoms with E-state index in [1.54, 1.807) is 12.1 Å². The molecule has 1 heterocycles. The standard InChI is InChI=1S/C18H15BrN2O2S/c1-11-3-5-14(6-4-11)17-20-21-18(23-17)24-12(2)16(22)13-7-9-15(19)10-8-13/h3-10,12H,1-2H3/t12-/m0/s1. The lowest BCUT2D eigenvalue weighted by molar-refractivity contribution is 0.0993. The van der Waals surface area contributed by atoms with Crippen LogP contribution in [0.1, 0.15) is 22.8 Å². The molecule has 1 aromatic heterocycles. The van der Waals surface area contributed by atoms with Gasteiger partial charge in [-0.3, -0.25) is 4.79 Å². The van der Waals surface area contributed by atoms with Gasteiger partial charge in [-0.15, -0.1) is 10.2 Å². The molecule has 3 rings (SSSR count). The lowest BCUT2D eigenvalue weighted by Gasteiger charge is -2.07. The maximum Gasteiger partial charge on any atom is 0.277 e. The summed E-state index contributed by atoms with van der Waals surface area (Å²) >= 11 is 4.63. The number of aryl methyl sites for hydroxylation is 1. The van der Waals surface area contributed by atoms with Crippen molar-refractivity contribution in [2.24, 2.45) is 0 Å². The Balaban J connectivity index is 1.70. The van der Waals surface area contributed by atoms with Crippen molar-refractivity contribution in [3.8, 4) is 11.5 Å². The third kappa shape index (κ3) is 3.94. The highest BCUT2D eigenvalue weighted by molar-refractivity contribution is 9.10. The number of halogens is 1. The summed E-state index contributed by atoms with van der Waals surface area (Å²) in [4.78, 5) is 12.4. The van der Waals surface area contributed by atoms with E-state index in [9.17, 15) is 4.79 Å². The van der Waals surface area contributed by atoms with Crippen molar-refractivity contribution in [2.45, 2.75) is 24.3 Å². The molecule has 2 aromatic carbocycles. The van der Waals surface area contributed by atoms with Crippen LogP contribution in [0, 0.1) is 6.92 Å². The van der Waals surface area contributed by atoms with Crippen molar-refractivity contribution >= 4 is 33.5 Å². The Bertz CT molecular complexity index is 844. The molecule has 0 radical (unpaired) electrons. The van der Waals surface area contributed by atoms with Gasteiger partial charge in [-0.25, -0.2) is 0 Å². The molecule has 0 aliphatic rings. The van der Waals surface area contributed by atoms with E-state index in [4.69, 9.17) is 4.42 Å². The number of thioether (sulfide) groups is 1. The van der Waals surface area contributed by atoms with Crippen molar-refractivity contribution in [1.82, 2.24) is 10.2 Å². The van der Waals surface area contributed by atoms with Crippen LogP contribution in [0.3, 0.4) is 0 Å². The van der Waals surface area contributed by atoms with Crippen LogP contribution < -0.4 is 0 Å². The van der Waals surface area contributed by atoms with Gasteiger partial charge in [0, 0.05) is 15.6 Å². The number of carbonyl (C=O) groups excluding carboxylic acids is 1. The highest BCUT2D eigenvalue weighted by Gasteiger charge is 2.20. The predicted octanol–water partition coefficient (Wildman–Crippen LogP) is 5.17. The normalized spacial score (nSPS) is 12.1. The predicted molar refractivity (Wildman–Crippen MR) is 98.3 cm³/mol. The Labute approximate surface area is 152 Å². The fraction of sp³-hybridized carbons (Fsp3) is 0.167. The van der Waals surface area contributed by atoms with Crippen molar-refractivity contribution < 1.29 is 9.21 Å². The van der Waals surface area contributed by atoms with Crippen LogP contribution in [-0.4, -0.2) is 21.2 Å². The molecule has 0 N–H and O–H groups in total. The van der Waals surface area contributed by atoms with Crippen LogP contribution in [0.4, 0.5) is 0 Å². The van der Waals surface area contributed by atoms with Crippen molar-refractivity contribution in [1.29, 1.82) is 0 Å². The summed E-state index contributed by atoms with van der Waals surface area (Å²) in [5, 5.41) is 8.17. The number of carbonyl (C=O) groups is 1. The molecule has 0 unspecified atom stereocenters. The zero-order valence-corrected chi connectivity index (χ0v) is 15.6. The number of Topliss-reactive ketones (excluding diaryl/α,β-unsaturated/α-hetero) is 1. The fourth-order valence-corrected chi connectivity index (χ4v) is 3.15. The Morgan fingerprint density at radius 3 is 2.42 bits per heavy atom. The van der Waals surface area contributed by atoms with E-state index in [1.165, 1.54) is 17.3 Å². The second-order valence-electron chi connectivity index (χ2n) is 5.37. The second-order valence-corrected chi connectivity index (χ2v) is 7.58. The van der Waals surface area contributed by atoms with Gasteiger partial charge < -0.3 is 4.42 Å². The number of benzene rings is 2. The SMILES string of the molecule is Cc1ccc(-c2nnc(S[C@@H](C)C(=O)c3ccc(Br)cc3)o2)cc1. The van der Waals surface area contributed by atoms with E-state index >= 15 is 0 Å². The minimum atomic E-state index is -0.308. The molecule has 0 saturated carbocycles. The van der Waals surface area contributed by atoms with Crippen molar-refractivity contribution in [2.75, 3.05) is 0 Å². The Hall–Kier alpha value is -1.92. The summed E-state index contributed by atoms with van der Waals surface area (Å²) in [6.07, 6.45) is 0. The van der Waals surface area contributed by atoms with Crippen LogP contribution in [0.25, 0.3) is 11.5 Å². The zero-order valence-electron chi connectivity index (χ0n) is 13.2. The number of nitrogens with zero attached hydrogens (tertiary/aromatic N) is 2. The lowest BCUT2D eigenvalue weighted by Crippen LogP contribution is -2.13. The van der Waals surface area contributed by atoms with E-state index in [1.807, 2.05) is 50.2 Å². The zero-order chi connectivity index (χ0) is 17.1. The molecule has 0 fully saturated rings. The molecular formula is C18H15BrN2O2S. The molecule has 1 atom stereocenters. The number of hydrogen-bond acceptors (Lipinski definition) is 5. The van der Waals surface area contributed by atoms with E-state index in [0.717, 1.165) is 10.0 Å². The number of rotatable bonds is 5. The largest absolute Gasteiger partial charge is 0.411 e. The first-order valence-electron chi connectivity index (χ1n) is 7.40. The minimum Gasteiger partial charge on any atom is -0.411 e. The summed E-state index contributed by atoms with van der Waals surface area (Å²) in [7, 11) is 0. The van der Waals surface area contributed by atoms with Gasteiger partial charge in [0.25, 0.3) is 5.22 Å². The molecule has 0 aliphatic heterocycles. The highest BCUT2D eigenvalue weighted by Crippen LogP contribution is 2.28. The molecule has 122 valence electrons. The van der Waals surface area contributed by atoms with Crippen LogP contribution in [0.5, 0.6) is 0 Å². The molecule has 0 saturated heterocycles. The maximum atomic E-state index is 12.4. The summed E-state index contributed by atoms with van der Waals surface area (Å²) in [6.45, 7) is 3.86. The van der Waals surface area contributed by atoms with Crippen molar-refractivity contribution in [3.05, 3.63) is 64.1 Å². The number of hydrogen-bond donors (Lipinski definition) is 0. The van der Waals surface area contributed by atoms with Gasteiger partial charge >= 0.3 is 0 Å². The van der Waals surface area contributed by atoms with Crippen LogP contribution in [0.2, 0.25) is 0 Å². The number of ketones is 1. The van der Waals surface area contributed by atoms with Crippen molar-refractivity contribution in [3.63, 3.8) is 0 Å². The second kappa shape index (κ2) is 7.32. The third-order valence-corrected chi connectivity index (χ3v) is 4.94. The highest BCUT2D eigenvalue weighted by atomic mass is 79.9. The summed E-state index contributed by atoms with van der Waals surface area (Å²) in [5.74, 6) is 0.489. The molecule has 0 bridgehead atoms. The Morgan fingerprint density at radius 2 is 1.75 bits per heavy atom. The summed E-state index contributed by atoms with van der Waals surface area (Å²) < 4.78 is 6.61. The van der Waals surface area contributed by atoms with Crippen LogP contribution in [-0.2, 0) is 0 Å². The lowest BCUT2D eigenvalue weighted by atomic mass is 10.1. The molecule has 24 heavy (non-hydrogen) atoms. The first-order valence-corrected chi connectivity index (χ1v) is 9.07. The minimum absolute atomic E-state index is 0.0302. The van der Waals surface area contributed by atoms with Gasteiger partial charge in [0.1, 0.15) is 0 Å². The van der Waals surface area contributed by atoms with Crippen LogP contribution in [0.15, 0.2) is 62.6 Å². The monoisotopic (exact) mass is 402 g/mol. The molecule has 0 aliphatic carbocycles. The van der Waals surface area contributed by atoms with Gasteiger partial charge in [0.15, 0.2) is 5.78 Å². The summed E-state index contributed by atoms with van der Waals surface area (Å²) in [6, 6.07) is 15.2. The third-order valence-electron chi connectivity index (χ3n) is 3.48. The number of aromatic nitrogens is 2. The molecular weight excluding hydrogens is 388 g/mol. The average molecular weight is 403 g/mol. The fourth-order valence-electron chi connectivity index (χ4n) is 2.12. The molecule has 4 nitrogen and oxygen atoms in total. The van der Waals surface area contributed by atoms with Gasteiger partial charge in [0.2, 0.25) is 5.89 Å². The van der Waals surface area contributed by atoms with E-state index in [0.29, 0.717) is 16.7 Å². The van der Waals surface area contributed by atoms with Gasteiger partial charge in [-0.05, 0) is 38.1 Å². The van der Waals surface area contributed by atoms with Crippen LogP contribution >= 0.6 is 27.7 Å². The first kappa shape index (κ1) is 16.9. The molecule has 6 heteroatoms. The summed E-state index contributed by atoms with van der Waals surface area (Å²) in [5.41, 5.74) is 2.70. The Morgan fingerprint density at radius 1 is 1.08 bits per heavy atom. The average Bonchev–Trinajstić information content (AvgIpc) is 3.04. The van der Waals surface area contributed by atoms with Gasteiger partial charge in [0.05, 0.1) is 5.25 Å². The Kier molecular flexibility index (Phi) is 5.16. The van der Waals surface area contributed by atoms with E-state index in [-0.39, 0.29) is 11.0 Å².